The van der Waals surface area contributed by atoms with Gasteiger partial charge in [-0.1, -0.05) is 61.7 Å². The van der Waals surface area contributed by atoms with Crippen molar-refractivity contribution < 1.29 is 23.9 Å². The van der Waals surface area contributed by atoms with Gasteiger partial charge in [-0.2, -0.15) is 0 Å². The fourth-order valence-electron chi connectivity index (χ4n) is 3.83. The first-order valence-corrected chi connectivity index (χ1v) is 12.5. The van der Waals surface area contributed by atoms with Crippen LogP contribution in [-0.2, 0) is 16.1 Å². The van der Waals surface area contributed by atoms with E-state index in [-0.39, 0.29) is 5.78 Å². The molecule has 4 aromatic carbocycles. The van der Waals surface area contributed by atoms with Gasteiger partial charge in [-0.3, -0.25) is 4.79 Å². The highest BCUT2D eigenvalue weighted by atomic mass is 16.5. The molecule has 0 aliphatic rings. The highest BCUT2D eigenvalue weighted by Crippen LogP contribution is 2.30. The molecule has 0 fully saturated rings. The Hall–Kier alpha value is -5.49. The number of anilines is 2. The lowest BCUT2D eigenvalue weighted by atomic mass is 10.1. The molecule has 0 saturated heterocycles. The largest absolute Gasteiger partial charge is 0.423 e. The lowest BCUT2D eigenvalue weighted by molar-refractivity contribution is -0.129. The quantitative estimate of drug-likeness (QED) is 0.0893. The Bertz CT molecular complexity index is 1520. The van der Waals surface area contributed by atoms with Gasteiger partial charge in [0.15, 0.2) is 5.78 Å². The van der Waals surface area contributed by atoms with E-state index in [1.54, 1.807) is 42.5 Å². The standard InChI is InChI=1S/C34H27NO5/c1-3-33(37)39-30-19-13-27(14-20-30)32(36)23-12-25-10-15-28(16-11-25)35(24-26-8-6-5-7-9-26)29-17-21-31(22-18-29)40-34(38)4-2/h3-23H,1-2,24H2. The Morgan fingerprint density at radius 2 is 1.15 bits per heavy atom. The number of carbonyl (C=O) groups is 3. The van der Waals surface area contributed by atoms with E-state index < -0.39 is 11.9 Å². The number of esters is 2. The number of rotatable bonds is 11. The van der Waals surface area contributed by atoms with Crippen molar-refractivity contribution in [2.24, 2.45) is 0 Å². The van der Waals surface area contributed by atoms with Gasteiger partial charge in [-0.25, -0.2) is 9.59 Å². The summed E-state index contributed by atoms with van der Waals surface area (Å²) in [6, 6.07) is 31.6. The van der Waals surface area contributed by atoms with E-state index in [1.165, 1.54) is 6.08 Å². The van der Waals surface area contributed by atoms with Crippen LogP contribution in [0, 0.1) is 0 Å². The third-order valence-corrected chi connectivity index (χ3v) is 5.87. The fourth-order valence-corrected chi connectivity index (χ4v) is 3.83. The lowest BCUT2D eigenvalue weighted by Gasteiger charge is -2.25. The molecule has 0 atom stereocenters. The highest BCUT2D eigenvalue weighted by molar-refractivity contribution is 6.06. The normalized spacial score (nSPS) is 10.5. The van der Waals surface area contributed by atoms with Gasteiger partial charge < -0.3 is 14.4 Å². The monoisotopic (exact) mass is 529 g/mol. The first kappa shape index (κ1) is 27.5. The second kappa shape index (κ2) is 13.3. The van der Waals surface area contributed by atoms with Crippen molar-refractivity contribution in [3.63, 3.8) is 0 Å². The number of ether oxygens (including phenoxy) is 2. The van der Waals surface area contributed by atoms with Crippen molar-refractivity contribution in [2.45, 2.75) is 6.54 Å². The minimum Gasteiger partial charge on any atom is -0.423 e. The fraction of sp³-hybridized carbons (Fsp3) is 0.0294. The molecule has 0 aromatic heterocycles. The van der Waals surface area contributed by atoms with Crippen LogP contribution in [0.15, 0.2) is 135 Å². The third-order valence-electron chi connectivity index (χ3n) is 5.87. The summed E-state index contributed by atoms with van der Waals surface area (Å²) < 4.78 is 10.2. The number of nitrogens with zero attached hydrogens (tertiary/aromatic N) is 1. The molecule has 0 unspecified atom stereocenters. The SMILES string of the molecule is C=CC(=O)Oc1ccc(C(=O)C=Cc2ccc(N(Cc3ccccc3)c3ccc(OC(=O)C=C)cc3)cc2)cc1. The summed E-state index contributed by atoms with van der Waals surface area (Å²) >= 11 is 0. The van der Waals surface area contributed by atoms with Gasteiger partial charge in [-0.05, 0) is 77.9 Å². The molecule has 4 rings (SSSR count). The van der Waals surface area contributed by atoms with Crippen LogP contribution in [-0.4, -0.2) is 17.7 Å². The van der Waals surface area contributed by atoms with Crippen LogP contribution in [0.1, 0.15) is 21.5 Å². The number of carbonyl (C=O) groups excluding carboxylic acids is 3. The van der Waals surface area contributed by atoms with E-state index in [2.05, 4.69) is 30.2 Å². The van der Waals surface area contributed by atoms with Crippen LogP contribution >= 0.6 is 0 Å². The van der Waals surface area contributed by atoms with Crippen LogP contribution in [0.2, 0.25) is 0 Å². The molecular weight excluding hydrogens is 502 g/mol. The summed E-state index contributed by atoms with van der Waals surface area (Å²) in [4.78, 5) is 37.6. The summed E-state index contributed by atoms with van der Waals surface area (Å²) in [7, 11) is 0. The zero-order chi connectivity index (χ0) is 28.3. The number of ketones is 1. The average molecular weight is 530 g/mol. The van der Waals surface area contributed by atoms with E-state index in [0.717, 1.165) is 34.7 Å². The van der Waals surface area contributed by atoms with Crippen molar-refractivity contribution in [3.05, 3.63) is 151 Å². The van der Waals surface area contributed by atoms with Gasteiger partial charge in [0.1, 0.15) is 11.5 Å². The molecule has 0 radical (unpaired) electrons. The van der Waals surface area contributed by atoms with E-state index in [1.807, 2.05) is 54.6 Å². The van der Waals surface area contributed by atoms with E-state index in [0.29, 0.717) is 23.6 Å². The highest BCUT2D eigenvalue weighted by Gasteiger charge is 2.12. The minimum absolute atomic E-state index is 0.173. The molecule has 0 bridgehead atoms. The molecule has 40 heavy (non-hydrogen) atoms. The second-order valence-corrected chi connectivity index (χ2v) is 8.63. The number of allylic oxidation sites excluding steroid dienone is 1. The predicted molar refractivity (Wildman–Crippen MR) is 157 cm³/mol. The van der Waals surface area contributed by atoms with Gasteiger partial charge in [0.2, 0.25) is 0 Å². The molecular formula is C34H27NO5. The maximum atomic E-state index is 12.6. The van der Waals surface area contributed by atoms with E-state index in [9.17, 15) is 14.4 Å². The molecule has 0 amide bonds. The number of benzene rings is 4. The van der Waals surface area contributed by atoms with Crippen molar-refractivity contribution >= 4 is 35.2 Å². The van der Waals surface area contributed by atoms with E-state index >= 15 is 0 Å². The van der Waals surface area contributed by atoms with Crippen LogP contribution in [0.3, 0.4) is 0 Å². The van der Waals surface area contributed by atoms with Crippen LogP contribution < -0.4 is 14.4 Å². The smallest absolute Gasteiger partial charge is 0.335 e. The molecule has 0 heterocycles. The molecule has 0 aliphatic carbocycles. The molecule has 0 N–H and O–H groups in total. The summed E-state index contributed by atoms with van der Waals surface area (Å²) in [6.45, 7) is 7.41. The topological polar surface area (TPSA) is 72.9 Å². The molecule has 0 aliphatic heterocycles. The number of hydrogen-bond donors (Lipinski definition) is 0. The maximum absolute atomic E-state index is 12.6. The summed E-state index contributed by atoms with van der Waals surface area (Å²) in [5.41, 5.74) is 4.34. The first-order chi connectivity index (χ1) is 19.4. The van der Waals surface area contributed by atoms with E-state index in [4.69, 9.17) is 9.47 Å². The molecule has 0 spiro atoms. The molecule has 6 heteroatoms. The molecule has 198 valence electrons. The Morgan fingerprint density at radius 1 is 0.650 bits per heavy atom. The van der Waals surface area contributed by atoms with Crippen molar-refractivity contribution in [1.82, 2.24) is 0 Å². The average Bonchev–Trinajstić information content (AvgIpc) is 3.00. The van der Waals surface area contributed by atoms with Gasteiger partial charge in [0.25, 0.3) is 0 Å². The molecule has 4 aromatic rings. The van der Waals surface area contributed by atoms with Crippen molar-refractivity contribution in [1.29, 1.82) is 0 Å². The zero-order valence-corrected chi connectivity index (χ0v) is 21.7. The Kier molecular flexibility index (Phi) is 9.19. The van der Waals surface area contributed by atoms with Gasteiger partial charge in [-0.15, -0.1) is 0 Å². The Morgan fingerprint density at radius 3 is 1.68 bits per heavy atom. The Balaban J connectivity index is 1.50. The first-order valence-electron chi connectivity index (χ1n) is 12.5. The summed E-state index contributed by atoms with van der Waals surface area (Å²) in [5, 5.41) is 0. The minimum atomic E-state index is -0.559. The Labute approximate surface area is 233 Å². The third kappa shape index (κ3) is 7.52. The summed E-state index contributed by atoms with van der Waals surface area (Å²) in [6.07, 6.45) is 5.46. The lowest BCUT2D eigenvalue weighted by Crippen LogP contribution is -2.16. The van der Waals surface area contributed by atoms with Crippen LogP contribution in [0.4, 0.5) is 11.4 Å². The molecule has 0 saturated carbocycles. The zero-order valence-electron chi connectivity index (χ0n) is 21.7. The van der Waals surface area contributed by atoms with Crippen LogP contribution in [0.5, 0.6) is 11.5 Å². The second-order valence-electron chi connectivity index (χ2n) is 8.63. The maximum Gasteiger partial charge on any atom is 0.335 e. The predicted octanol–water partition coefficient (Wildman–Crippen LogP) is 7.10. The summed E-state index contributed by atoms with van der Waals surface area (Å²) in [5.74, 6) is -0.467. The van der Waals surface area contributed by atoms with Crippen molar-refractivity contribution in [3.8, 4) is 11.5 Å². The molecule has 6 nitrogen and oxygen atoms in total. The van der Waals surface area contributed by atoms with Gasteiger partial charge in [0, 0.05) is 35.6 Å². The van der Waals surface area contributed by atoms with Crippen LogP contribution in [0.25, 0.3) is 6.08 Å². The van der Waals surface area contributed by atoms with Gasteiger partial charge >= 0.3 is 11.9 Å². The van der Waals surface area contributed by atoms with Crippen molar-refractivity contribution in [2.75, 3.05) is 4.90 Å². The van der Waals surface area contributed by atoms with Gasteiger partial charge in [0.05, 0.1) is 0 Å². The number of hydrogen-bond acceptors (Lipinski definition) is 6.